The van der Waals surface area contributed by atoms with Gasteiger partial charge in [0.15, 0.2) is 6.61 Å². The summed E-state index contributed by atoms with van der Waals surface area (Å²) in [6.07, 6.45) is -0.0371. The van der Waals surface area contributed by atoms with Crippen molar-refractivity contribution in [2.45, 2.75) is 13.3 Å². The van der Waals surface area contributed by atoms with Crippen molar-refractivity contribution in [1.29, 1.82) is 0 Å². The number of esters is 1. The van der Waals surface area contributed by atoms with E-state index >= 15 is 0 Å². The molecule has 1 amide bonds. The van der Waals surface area contributed by atoms with Gasteiger partial charge in [0.25, 0.3) is 5.56 Å². The molecule has 2 heterocycles. The summed E-state index contributed by atoms with van der Waals surface area (Å²) in [6.45, 7) is 1.35. The van der Waals surface area contributed by atoms with E-state index in [4.69, 9.17) is 10.5 Å². The van der Waals surface area contributed by atoms with Crippen LogP contribution in [0.1, 0.15) is 22.3 Å². The molecule has 2 aromatic rings. The number of nitrogens with two attached hydrogens (primary N) is 1. The molecular formula is C20H22N4O6. The van der Waals surface area contributed by atoms with Crippen LogP contribution in [0.3, 0.4) is 0 Å². The topological polar surface area (TPSA) is 134 Å². The fourth-order valence-corrected chi connectivity index (χ4v) is 3.29. The van der Waals surface area contributed by atoms with Gasteiger partial charge in [0.2, 0.25) is 11.7 Å². The number of anilines is 2. The van der Waals surface area contributed by atoms with Gasteiger partial charge in [-0.05, 0) is 19.1 Å². The lowest BCUT2D eigenvalue weighted by Gasteiger charge is -2.16. The number of hydrogen-bond acceptors (Lipinski definition) is 7. The van der Waals surface area contributed by atoms with Crippen molar-refractivity contribution in [1.82, 2.24) is 9.13 Å². The van der Waals surface area contributed by atoms with E-state index in [9.17, 15) is 24.0 Å². The molecule has 1 saturated heterocycles. The van der Waals surface area contributed by atoms with Gasteiger partial charge in [0.1, 0.15) is 11.4 Å². The highest BCUT2D eigenvalue weighted by atomic mass is 16.5. The van der Waals surface area contributed by atoms with Crippen LogP contribution in [0.4, 0.5) is 11.5 Å². The van der Waals surface area contributed by atoms with Crippen molar-refractivity contribution in [3.63, 3.8) is 0 Å². The Morgan fingerprint density at radius 2 is 1.73 bits per heavy atom. The molecule has 3 rings (SSSR count). The van der Waals surface area contributed by atoms with Crippen LogP contribution in [0.2, 0.25) is 0 Å². The summed E-state index contributed by atoms with van der Waals surface area (Å²) in [4.78, 5) is 62.7. The Morgan fingerprint density at radius 1 is 1.10 bits per heavy atom. The van der Waals surface area contributed by atoms with Crippen molar-refractivity contribution in [2.24, 2.45) is 20.0 Å². The minimum absolute atomic E-state index is 0.0371. The molecule has 158 valence electrons. The predicted molar refractivity (Wildman–Crippen MR) is 108 cm³/mol. The molecule has 10 heteroatoms. The average Bonchev–Trinajstić information content (AvgIpc) is 3.11. The predicted octanol–water partition coefficient (Wildman–Crippen LogP) is -0.246. The zero-order chi connectivity index (χ0) is 22.2. The van der Waals surface area contributed by atoms with Crippen molar-refractivity contribution in [2.75, 3.05) is 23.8 Å². The normalized spacial score (nSPS) is 16.0. The van der Waals surface area contributed by atoms with Crippen molar-refractivity contribution in [3.8, 4) is 0 Å². The highest BCUT2D eigenvalue weighted by Gasteiger charge is 2.36. The molecule has 1 fully saturated rings. The number of Topliss-reactive ketones (excluding diaryl/α,β-unsaturated/α-hetero) is 1. The monoisotopic (exact) mass is 414 g/mol. The lowest BCUT2D eigenvalue weighted by Crippen LogP contribution is -2.42. The van der Waals surface area contributed by atoms with Gasteiger partial charge in [-0.25, -0.2) is 4.79 Å². The third-order valence-corrected chi connectivity index (χ3v) is 5.14. The lowest BCUT2D eigenvalue weighted by atomic mass is 10.1. The zero-order valence-corrected chi connectivity index (χ0v) is 16.9. The van der Waals surface area contributed by atoms with Crippen LogP contribution >= 0.6 is 0 Å². The van der Waals surface area contributed by atoms with E-state index in [2.05, 4.69) is 0 Å². The van der Waals surface area contributed by atoms with E-state index in [0.717, 1.165) is 14.7 Å². The minimum Gasteiger partial charge on any atom is -0.457 e. The summed E-state index contributed by atoms with van der Waals surface area (Å²) >= 11 is 0. The quantitative estimate of drug-likeness (QED) is 0.527. The molecule has 1 atom stereocenters. The number of carbonyl (C=O) groups is 3. The summed E-state index contributed by atoms with van der Waals surface area (Å²) in [6, 6.07) is 7.32. The van der Waals surface area contributed by atoms with E-state index in [-0.39, 0.29) is 24.7 Å². The van der Waals surface area contributed by atoms with E-state index in [1.165, 1.54) is 19.0 Å². The van der Waals surface area contributed by atoms with Crippen LogP contribution in [0.5, 0.6) is 0 Å². The van der Waals surface area contributed by atoms with E-state index in [1.54, 1.807) is 12.1 Å². The van der Waals surface area contributed by atoms with Crippen LogP contribution < -0.4 is 21.9 Å². The number of carbonyl (C=O) groups excluding carboxylic acids is 3. The summed E-state index contributed by atoms with van der Waals surface area (Å²) in [7, 11) is 2.54. The van der Waals surface area contributed by atoms with Crippen LogP contribution in [0.25, 0.3) is 0 Å². The molecule has 1 aliphatic rings. The fourth-order valence-electron chi connectivity index (χ4n) is 3.29. The Kier molecular flexibility index (Phi) is 5.59. The molecule has 1 aromatic carbocycles. The summed E-state index contributed by atoms with van der Waals surface area (Å²) in [5.41, 5.74) is 5.50. The number of ether oxygens (including phenoxy) is 1. The Morgan fingerprint density at radius 3 is 2.37 bits per heavy atom. The van der Waals surface area contributed by atoms with Crippen LogP contribution in [0.15, 0.2) is 33.9 Å². The van der Waals surface area contributed by atoms with Gasteiger partial charge in [0, 0.05) is 32.7 Å². The van der Waals surface area contributed by atoms with Gasteiger partial charge < -0.3 is 15.4 Å². The third-order valence-electron chi connectivity index (χ3n) is 5.14. The average molecular weight is 414 g/mol. The Labute approximate surface area is 171 Å². The van der Waals surface area contributed by atoms with Gasteiger partial charge in [-0.2, -0.15) is 0 Å². The first kappa shape index (κ1) is 21.0. The van der Waals surface area contributed by atoms with E-state index < -0.39 is 41.1 Å². The Bertz CT molecular complexity index is 1150. The first-order valence-corrected chi connectivity index (χ1v) is 9.24. The highest BCUT2D eigenvalue weighted by molar-refractivity contribution is 6.02. The van der Waals surface area contributed by atoms with E-state index in [0.29, 0.717) is 5.69 Å². The summed E-state index contributed by atoms with van der Waals surface area (Å²) < 4.78 is 6.77. The van der Waals surface area contributed by atoms with Gasteiger partial charge in [-0.3, -0.25) is 28.3 Å². The lowest BCUT2D eigenvalue weighted by molar-refractivity contribution is -0.147. The Hall–Kier alpha value is -3.69. The fraction of sp³-hybridized carbons (Fsp3) is 0.350. The second kappa shape index (κ2) is 7.97. The number of nitrogens with zero attached hydrogens (tertiary/aromatic N) is 3. The number of amides is 1. The first-order valence-electron chi connectivity index (χ1n) is 9.24. The molecule has 1 aromatic heterocycles. The number of rotatable bonds is 5. The van der Waals surface area contributed by atoms with Crippen LogP contribution in [0, 0.1) is 12.8 Å². The first-order chi connectivity index (χ1) is 14.1. The SMILES string of the molecule is Cc1ccc(N2CC(C(=O)OCC(=O)c3c(N)n(C)c(=O)n(C)c3=O)CC2=O)cc1. The van der Waals surface area contributed by atoms with Crippen LogP contribution in [-0.4, -0.2) is 39.9 Å². The standard InChI is InChI=1S/C20H22N4O6/c1-11-4-6-13(7-5-11)24-9-12(8-15(24)26)19(28)30-10-14(25)16-17(21)22(2)20(29)23(3)18(16)27/h4-7,12H,8-10,21H2,1-3H3. The van der Waals surface area contributed by atoms with Gasteiger partial charge in [0.05, 0.1) is 5.92 Å². The molecule has 2 N–H and O–H groups in total. The van der Waals surface area contributed by atoms with Gasteiger partial charge >= 0.3 is 11.7 Å². The van der Waals surface area contributed by atoms with Crippen molar-refractivity contribution < 1.29 is 19.1 Å². The smallest absolute Gasteiger partial charge is 0.332 e. The molecule has 30 heavy (non-hydrogen) atoms. The second-order valence-electron chi connectivity index (χ2n) is 7.24. The number of hydrogen-bond donors (Lipinski definition) is 1. The molecule has 0 saturated carbocycles. The van der Waals surface area contributed by atoms with Crippen molar-refractivity contribution in [3.05, 3.63) is 56.2 Å². The minimum atomic E-state index is -0.863. The van der Waals surface area contributed by atoms with Gasteiger partial charge in [-0.15, -0.1) is 0 Å². The van der Waals surface area contributed by atoms with Crippen molar-refractivity contribution >= 4 is 29.2 Å². The third kappa shape index (κ3) is 3.76. The maximum absolute atomic E-state index is 12.4. The molecule has 1 unspecified atom stereocenters. The number of ketones is 1. The Balaban J connectivity index is 1.69. The molecule has 0 spiro atoms. The summed E-state index contributed by atoms with van der Waals surface area (Å²) in [5.74, 6) is -2.79. The highest BCUT2D eigenvalue weighted by Crippen LogP contribution is 2.26. The maximum Gasteiger partial charge on any atom is 0.332 e. The zero-order valence-electron chi connectivity index (χ0n) is 16.9. The van der Waals surface area contributed by atoms with Gasteiger partial charge in [-0.1, -0.05) is 17.7 Å². The number of aromatic nitrogens is 2. The maximum atomic E-state index is 12.4. The number of aryl methyl sites for hydroxylation is 1. The number of benzene rings is 1. The number of nitrogen functional groups attached to an aromatic ring is 1. The summed E-state index contributed by atoms with van der Waals surface area (Å²) in [5, 5.41) is 0. The largest absolute Gasteiger partial charge is 0.457 e. The molecule has 0 radical (unpaired) electrons. The molecule has 10 nitrogen and oxygen atoms in total. The second-order valence-corrected chi connectivity index (χ2v) is 7.24. The van der Waals surface area contributed by atoms with Crippen LogP contribution in [-0.2, 0) is 28.4 Å². The molecule has 0 bridgehead atoms. The van der Waals surface area contributed by atoms with E-state index in [1.807, 2.05) is 19.1 Å². The molecule has 0 aliphatic carbocycles. The molecular weight excluding hydrogens is 392 g/mol. The molecule has 1 aliphatic heterocycles.